The molecule has 0 aromatic heterocycles. The second kappa shape index (κ2) is 5.84. The second-order valence-corrected chi connectivity index (χ2v) is 4.36. The van der Waals surface area contributed by atoms with Crippen LogP contribution >= 0.6 is 0 Å². The third kappa shape index (κ3) is 3.00. The standard InChI is InChI=1S/C13H18N2O3/c1-9-11(3-2-4-12(9)16)13(17)15-8-10-7-14-5-6-18-10/h2-4,10,14,16H,5-8H2,1H3,(H,15,17). The molecule has 0 spiro atoms. The van der Waals surface area contributed by atoms with E-state index in [0.717, 1.165) is 13.1 Å². The van der Waals surface area contributed by atoms with Gasteiger partial charge in [-0.25, -0.2) is 0 Å². The molecule has 0 saturated carbocycles. The van der Waals surface area contributed by atoms with Gasteiger partial charge in [-0.05, 0) is 19.1 Å². The first kappa shape index (κ1) is 12.9. The maximum absolute atomic E-state index is 12.0. The van der Waals surface area contributed by atoms with Crippen LogP contribution < -0.4 is 10.6 Å². The highest BCUT2D eigenvalue weighted by Gasteiger charge is 2.16. The Morgan fingerprint density at radius 2 is 2.44 bits per heavy atom. The lowest BCUT2D eigenvalue weighted by Gasteiger charge is -2.23. The van der Waals surface area contributed by atoms with Crippen LogP contribution in [0.4, 0.5) is 0 Å². The molecule has 1 unspecified atom stereocenters. The highest BCUT2D eigenvalue weighted by atomic mass is 16.5. The number of nitrogens with one attached hydrogen (secondary N) is 2. The highest BCUT2D eigenvalue weighted by Crippen LogP contribution is 2.19. The summed E-state index contributed by atoms with van der Waals surface area (Å²) in [7, 11) is 0. The molecule has 18 heavy (non-hydrogen) atoms. The summed E-state index contributed by atoms with van der Waals surface area (Å²) in [5, 5.41) is 15.6. The van der Waals surface area contributed by atoms with Crippen molar-refractivity contribution in [1.29, 1.82) is 0 Å². The molecule has 0 bridgehead atoms. The summed E-state index contributed by atoms with van der Waals surface area (Å²) in [5.74, 6) is -0.0455. The maximum atomic E-state index is 12.0. The summed E-state index contributed by atoms with van der Waals surface area (Å²) in [4.78, 5) is 12.0. The molecule has 1 saturated heterocycles. The van der Waals surface area contributed by atoms with Gasteiger partial charge in [-0.3, -0.25) is 4.79 Å². The number of hydrogen-bond acceptors (Lipinski definition) is 4. The summed E-state index contributed by atoms with van der Waals surface area (Å²) >= 11 is 0. The van der Waals surface area contributed by atoms with E-state index >= 15 is 0 Å². The number of morpholine rings is 1. The fourth-order valence-corrected chi connectivity index (χ4v) is 1.92. The molecule has 3 N–H and O–H groups in total. The zero-order valence-corrected chi connectivity index (χ0v) is 10.4. The third-order valence-corrected chi connectivity index (χ3v) is 3.04. The molecule has 1 aromatic rings. The van der Waals surface area contributed by atoms with Gasteiger partial charge >= 0.3 is 0 Å². The van der Waals surface area contributed by atoms with E-state index in [2.05, 4.69) is 10.6 Å². The highest BCUT2D eigenvalue weighted by molar-refractivity contribution is 5.96. The minimum Gasteiger partial charge on any atom is -0.508 e. The topological polar surface area (TPSA) is 70.6 Å². The Kier molecular flexibility index (Phi) is 4.17. The maximum Gasteiger partial charge on any atom is 0.251 e. The number of carbonyl (C=O) groups excluding carboxylic acids is 1. The monoisotopic (exact) mass is 250 g/mol. The van der Waals surface area contributed by atoms with Gasteiger partial charge in [0.05, 0.1) is 12.7 Å². The SMILES string of the molecule is Cc1c(O)cccc1C(=O)NCC1CNCCO1. The Hall–Kier alpha value is -1.59. The van der Waals surface area contributed by atoms with Crippen LogP contribution in [0.15, 0.2) is 18.2 Å². The molecule has 1 amide bonds. The lowest BCUT2D eigenvalue weighted by molar-refractivity contribution is 0.0287. The van der Waals surface area contributed by atoms with Crippen molar-refractivity contribution in [1.82, 2.24) is 10.6 Å². The minimum absolute atomic E-state index is 0.0142. The average Bonchev–Trinajstić information content (AvgIpc) is 2.40. The van der Waals surface area contributed by atoms with Gasteiger partial charge in [0, 0.05) is 30.8 Å². The molecule has 0 aliphatic carbocycles. The van der Waals surface area contributed by atoms with E-state index in [0.29, 0.717) is 24.3 Å². The molecular weight excluding hydrogens is 232 g/mol. The van der Waals surface area contributed by atoms with Crippen molar-refractivity contribution in [2.45, 2.75) is 13.0 Å². The lowest BCUT2D eigenvalue weighted by atomic mass is 10.1. The Morgan fingerprint density at radius 3 is 3.17 bits per heavy atom. The van der Waals surface area contributed by atoms with Crippen molar-refractivity contribution >= 4 is 5.91 Å². The van der Waals surface area contributed by atoms with Crippen LogP contribution in [0.5, 0.6) is 5.75 Å². The van der Waals surface area contributed by atoms with Gasteiger partial charge < -0.3 is 20.5 Å². The summed E-state index contributed by atoms with van der Waals surface area (Å²) < 4.78 is 5.49. The molecule has 1 heterocycles. The molecule has 5 heteroatoms. The van der Waals surface area contributed by atoms with Crippen molar-refractivity contribution in [3.63, 3.8) is 0 Å². The predicted octanol–water partition coefficient (Wildman–Crippen LogP) is 0.419. The van der Waals surface area contributed by atoms with E-state index in [1.807, 2.05) is 0 Å². The number of amides is 1. The van der Waals surface area contributed by atoms with E-state index in [4.69, 9.17) is 4.74 Å². The van der Waals surface area contributed by atoms with Crippen LogP contribution in [0, 0.1) is 6.92 Å². The van der Waals surface area contributed by atoms with Gasteiger partial charge in [-0.2, -0.15) is 0 Å². The van der Waals surface area contributed by atoms with Crippen LogP contribution in [0.2, 0.25) is 0 Å². The van der Waals surface area contributed by atoms with E-state index in [9.17, 15) is 9.90 Å². The van der Waals surface area contributed by atoms with Crippen LogP contribution in [0.1, 0.15) is 15.9 Å². The lowest BCUT2D eigenvalue weighted by Crippen LogP contribution is -2.45. The van der Waals surface area contributed by atoms with Crippen molar-refractivity contribution < 1.29 is 14.6 Å². The predicted molar refractivity (Wildman–Crippen MR) is 67.8 cm³/mol. The van der Waals surface area contributed by atoms with Gasteiger partial charge in [0.25, 0.3) is 5.91 Å². The summed E-state index contributed by atoms with van der Waals surface area (Å²) in [6.07, 6.45) is 0.0142. The molecule has 0 radical (unpaired) electrons. The summed E-state index contributed by atoms with van der Waals surface area (Å²) in [5.41, 5.74) is 1.09. The van der Waals surface area contributed by atoms with Gasteiger partial charge in [-0.15, -0.1) is 0 Å². The molecule has 98 valence electrons. The van der Waals surface area contributed by atoms with E-state index < -0.39 is 0 Å². The fraction of sp³-hybridized carbons (Fsp3) is 0.462. The summed E-state index contributed by atoms with van der Waals surface area (Å²) in [6, 6.07) is 4.93. The number of benzene rings is 1. The first-order valence-corrected chi connectivity index (χ1v) is 6.07. The smallest absolute Gasteiger partial charge is 0.251 e. The van der Waals surface area contributed by atoms with Crippen molar-refractivity contribution in [3.05, 3.63) is 29.3 Å². The van der Waals surface area contributed by atoms with Gasteiger partial charge in [-0.1, -0.05) is 6.07 Å². The number of phenolic OH excluding ortho intramolecular Hbond substituents is 1. The minimum atomic E-state index is -0.183. The molecule has 1 atom stereocenters. The molecule has 1 aliphatic rings. The van der Waals surface area contributed by atoms with E-state index in [1.54, 1.807) is 25.1 Å². The molecule has 2 rings (SSSR count). The van der Waals surface area contributed by atoms with Gasteiger partial charge in [0.15, 0.2) is 0 Å². The Bertz CT molecular complexity index is 428. The quantitative estimate of drug-likeness (QED) is 0.727. The zero-order valence-electron chi connectivity index (χ0n) is 10.4. The zero-order chi connectivity index (χ0) is 13.0. The van der Waals surface area contributed by atoms with Crippen molar-refractivity contribution in [2.75, 3.05) is 26.2 Å². The fourth-order valence-electron chi connectivity index (χ4n) is 1.92. The Morgan fingerprint density at radius 1 is 1.61 bits per heavy atom. The first-order chi connectivity index (χ1) is 8.68. The van der Waals surface area contributed by atoms with Crippen LogP contribution in [-0.2, 0) is 4.74 Å². The Balaban J connectivity index is 1.93. The molecule has 1 aliphatic heterocycles. The normalized spacial score (nSPS) is 19.5. The largest absolute Gasteiger partial charge is 0.508 e. The molecule has 1 fully saturated rings. The first-order valence-electron chi connectivity index (χ1n) is 6.07. The molecule has 1 aromatic carbocycles. The summed E-state index contributed by atoms with van der Waals surface area (Å²) in [6.45, 7) is 4.48. The second-order valence-electron chi connectivity index (χ2n) is 4.36. The van der Waals surface area contributed by atoms with E-state index in [-0.39, 0.29) is 17.8 Å². The number of carbonyl (C=O) groups is 1. The molecular formula is C13H18N2O3. The number of hydrogen-bond donors (Lipinski definition) is 3. The van der Waals surface area contributed by atoms with Crippen LogP contribution in [0.3, 0.4) is 0 Å². The Labute approximate surface area is 106 Å². The number of ether oxygens (including phenoxy) is 1. The average molecular weight is 250 g/mol. The van der Waals surface area contributed by atoms with Crippen LogP contribution in [0.25, 0.3) is 0 Å². The number of rotatable bonds is 3. The number of aromatic hydroxyl groups is 1. The van der Waals surface area contributed by atoms with Crippen LogP contribution in [-0.4, -0.2) is 43.4 Å². The number of phenols is 1. The van der Waals surface area contributed by atoms with Gasteiger partial charge in [0.1, 0.15) is 5.75 Å². The van der Waals surface area contributed by atoms with E-state index in [1.165, 1.54) is 0 Å². The van der Waals surface area contributed by atoms with Gasteiger partial charge in [0.2, 0.25) is 0 Å². The van der Waals surface area contributed by atoms with Crippen molar-refractivity contribution in [3.8, 4) is 5.75 Å². The van der Waals surface area contributed by atoms with Crippen molar-refractivity contribution in [2.24, 2.45) is 0 Å². The third-order valence-electron chi connectivity index (χ3n) is 3.04. The molecule has 5 nitrogen and oxygen atoms in total.